The molecule has 5 nitrogen and oxygen atoms in total. The predicted octanol–water partition coefficient (Wildman–Crippen LogP) is 2.19. The number of hydrogen-bond acceptors (Lipinski definition) is 4. The number of carbonyl (C=O) groups excluding carboxylic acids is 1. The maximum atomic E-state index is 11.4. The zero-order valence-electron chi connectivity index (χ0n) is 12.9. The van der Waals surface area contributed by atoms with E-state index in [2.05, 4.69) is 41.0 Å². The highest BCUT2D eigenvalue weighted by Crippen LogP contribution is 2.40. The van der Waals surface area contributed by atoms with E-state index in [0.29, 0.717) is 17.6 Å². The largest absolute Gasteiger partial charge is 0.362 e. The summed E-state index contributed by atoms with van der Waals surface area (Å²) in [6.45, 7) is 4.16. The van der Waals surface area contributed by atoms with Crippen LogP contribution in [0.1, 0.15) is 15.9 Å². The first-order valence-corrected chi connectivity index (χ1v) is 7.82. The number of piperazine rings is 1. The SMILES string of the molecule is Cc1cccc(N2C[C@H]3C2CN3c2ccc(C(=O)NO)cc2)c1. The molecule has 0 aliphatic carbocycles. The van der Waals surface area contributed by atoms with E-state index in [1.807, 2.05) is 12.1 Å². The zero-order valence-corrected chi connectivity index (χ0v) is 12.9. The van der Waals surface area contributed by atoms with E-state index in [9.17, 15) is 4.79 Å². The maximum Gasteiger partial charge on any atom is 0.274 e. The Bertz CT molecular complexity index is 744. The summed E-state index contributed by atoms with van der Waals surface area (Å²) in [6.07, 6.45) is 0. The van der Waals surface area contributed by atoms with Crippen LogP contribution in [0.5, 0.6) is 0 Å². The average Bonchev–Trinajstić information content (AvgIpc) is 2.56. The number of carbonyl (C=O) groups is 1. The van der Waals surface area contributed by atoms with Crippen LogP contribution < -0.4 is 15.3 Å². The standard InChI is InChI=1S/C18H19N3O2/c1-12-3-2-4-15(9-12)21-11-16-17(21)10-20(16)14-7-5-13(6-8-14)18(22)19-23/h2-9,16-17,23H,10-11H2,1H3,(H,19,22)/t16-,17?/m0/s1. The van der Waals surface area contributed by atoms with Crippen molar-refractivity contribution in [3.8, 4) is 0 Å². The van der Waals surface area contributed by atoms with Gasteiger partial charge in [-0.15, -0.1) is 0 Å². The summed E-state index contributed by atoms with van der Waals surface area (Å²) in [4.78, 5) is 16.2. The van der Waals surface area contributed by atoms with E-state index in [1.165, 1.54) is 11.3 Å². The highest BCUT2D eigenvalue weighted by atomic mass is 16.5. The quantitative estimate of drug-likeness (QED) is 0.674. The number of hydroxylamine groups is 1. The van der Waals surface area contributed by atoms with Crippen molar-refractivity contribution in [2.45, 2.75) is 19.0 Å². The Kier molecular flexibility index (Phi) is 3.23. The molecule has 2 aromatic rings. The van der Waals surface area contributed by atoms with Crippen LogP contribution in [0.25, 0.3) is 0 Å². The molecule has 0 bridgehead atoms. The van der Waals surface area contributed by atoms with Crippen molar-refractivity contribution in [3.63, 3.8) is 0 Å². The molecule has 2 aromatic carbocycles. The smallest absolute Gasteiger partial charge is 0.274 e. The number of hydrogen-bond donors (Lipinski definition) is 2. The van der Waals surface area contributed by atoms with Crippen molar-refractivity contribution in [3.05, 3.63) is 59.7 Å². The molecule has 2 aliphatic heterocycles. The van der Waals surface area contributed by atoms with Crippen LogP contribution in [0.2, 0.25) is 0 Å². The van der Waals surface area contributed by atoms with Crippen molar-refractivity contribution >= 4 is 17.3 Å². The number of benzene rings is 2. The lowest BCUT2D eigenvalue weighted by molar-refractivity contribution is 0.0706. The number of nitrogens with zero attached hydrogens (tertiary/aromatic N) is 2. The zero-order chi connectivity index (χ0) is 16.0. The normalized spacial score (nSPS) is 22.0. The van der Waals surface area contributed by atoms with Crippen molar-refractivity contribution in [1.82, 2.24) is 5.48 Å². The van der Waals surface area contributed by atoms with Crippen LogP contribution >= 0.6 is 0 Å². The van der Waals surface area contributed by atoms with Gasteiger partial charge >= 0.3 is 0 Å². The van der Waals surface area contributed by atoms with Crippen molar-refractivity contribution < 1.29 is 10.0 Å². The minimum absolute atomic E-state index is 0.461. The molecule has 2 fully saturated rings. The first-order valence-electron chi connectivity index (χ1n) is 7.82. The minimum Gasteiger partial charge on any atom is -0.362 e. The van der Waals surface area contributed by atoms with Crippen LogP contribution in [0.4, 0.5) is 11.4 Å². The molecule has 2 atom stereocenters. The summed E-state index contributed by atoms with van der Waals surface area (Å²) in [5.41, 5.74) is 5.84. The predicted molar refractivity (Wildman–Crippen MR) is 89.1 cm³/mol. The van der Waals surface area contributed by atoms with Gasteiger partial charge in [0.25, 0.3) is 5.91 Å². The minimum atomic E-state index is -0.479. The summed E-state index contributed by atoms with van der Waals surface area (Å²) in [6, 6.07) is 17.1. The number of anilines is 2. The van der Waals surface area contributed by atoms with E-state index < -0.39 is 5.91 Å². The van der Waals surface area contributed by atoms with E-state index >= 15 is 0 Å². The lowest BCUT2D eigenvalue weighted by atomic mass is 9.84. The highest BCUT2D eigenvalue weighted by Gasteiger charge is 2.51. The van der Waals surface area contributed by atoms with Gasteiger partial charge in [-0.1, -0.05) is 12.1 Å². The number of nitrogens with one attached hydrogen (secondary N) is 1. The van der Waals surface area contributed by atoms with E-state index in [-0.39, 0.29) is 0 Å². The van der Waals surface area contributed by atoms with Crippen LogP contribution in [-0.2, 0) is 0 Å². The number of rotatable bonds is 3. The molecule has 2 saturated heterocycles. The summed E-state index contributed by atoms with van der Waals surface area (Å²) >= 11 is 0. The monoisotopic (exact) mass is 309 g/mol. The van der Waals surface area contributed by atoms with Gasteiger partial charge in [0.2, 0.25) is 0 Å². The van der Waals surface area contributed by atoms with E-state index in [4.69, 9.17) is 5.21 Å². The topological polar surface area (TPSA) is 55.8 Å². The summed E-state index contributed by atoms with van der Waals surface area (Å²) < 4.78 is 0. The highest BCUT2D eigenvalue weighted by molar-refractivity contribution is 5.93. The molecule has 1 amide bonds. The Labute approximate surface area is 135 Å². The second kappa shape index (κ2) is 5.28. The molecule has 5 heteroatoms. The number of fused-ring (bicyclic) bond motifs is 1. The Morgan fingerprint density at radius 3 is 2.26 bits per heavy atom. The molecule has 2 heterocycles. The fraction of sp³-hybridized carbons (Fsp3) is 0.278. The van der Waals surface area contributed by atoms with Crippen molar-refractivity contribution in [1.29, 1.82) is 0 Å². The van der Waals surface area contributed by atoms with Gasteiger partial charge in [0, 0.05) is 30.0 Å². The number of aryl methyl sites for hydroxylation is 1. The molecule has 0 radical (unpaired) electrons. The van der Waals surface area contributed by atoms with Crippen molar-refractivity contribution in [2.75, 3.05) is 22.9 Å². The molecule has 23 heavy (non-hydrogen) atoms. The molecule has 2 aliphatic rings. The van der Waals surface area contributed by atoms with Crippen LogP contribution in [0.3, 0.4) is 0 Å². The maximum absolute atomic E-state index is 11.4. The fourth-order valence-corrected chi connectivity index (χ4v) is 3.52. The number of amides is 1. The van der Waals surface area contributed by atoms with E-state index in [0.717, 1.165) is 18.8 Å². The van der Waals surface area contributed by atoms with Gasteiger partial charge < -0.3 is 9.80 Å². The van der Waals surface area contributed by atoms with Gasteiger partial charge in [-0.25, -0.2) is 5.48 Å². The molecular formula is C18H19N3O2. The summed E-state index contributed by atoms with van der Waals surface area (Å²) in [5.74, 6) is -0.479. The van der Waals surface area contributed by atoms with Gasteiger partial charge in [-0.2, -0.15) is 0 Å². The average molecular weight is 309 g/mol. The van der Waals surface area contributed by atoms with Gasteiger partial charge in [-0.3, -0.25) is 10.0 Å². The molecule has 4 rings (SSSR count). The fourth-order valence-electron chi connectivity index (χ4n) is 3.52. The summed E-state index contributed by atoms with van der Waals surface area (Å²) in [5, 5.41) is 8.65. The lowest BCUT2D eigenvalue weighted by Gasteiger charge is -2.63. The Morgan fingerprint density at radius 2 is 1.70 bits per heavy atom. The Morgan fingerprint density at radius 1 is 1.04 bits per heavy atom. The Hall–Kier alpha value is -2.53. The first kappa shape index (κ1) is 14.1. The summed E-state index contributed by atoms with van der Waals surface area (Å²) in [7, 11) is 0. The molecule has 0 saturated carbocycles. The third-order valence-corrected chi connectivity index (χ3v) is 4.91. The van der Waals surface area contributed by atoms with Gasteiger partial charge in [-0.05, 0) is 48.9 Å². The van der Waals surface area contributed by atoms with E-state index in [1.54, 1.807) is 17.6 Å². The van der Waals surface area contributed by atoms with Crippen molar-refractivity contribution in [2.24, 2.45) is 0 Å². The molecule has 2 N–H and O–H groups in total. The third kappa shape index (κ3) is 2.24. The molecule has 1 unspecified atom stereocenters. The second-order valence-corrected chi connectivity index (χ2v) is 6.27. The van der Waals surface area contributed by atoms with Gasteiger partial charge in [0.1, 0.15) is 0 Å². The molecule has 0 aromatic heterocycles. The molecule has 118 valence electrons. The molecule has 0 spiro atoms. The van der Waals surface area contributed by atoms with Crippen LogP contribution in [0, 0.1) is 6.92 Å². The second-order valence-electron chi connectivity index (χ2n) is 6.27. The van der Waals surface area contributed by atoms with Crippen LogP contribution in [-0.4, -0.2) is 36.3 Å². The Balaban J connectivity index is 1.43. The third-order valence-electron chi connectivity index (χ3n) is 4.91. The lowest BCUT2D eigenvalue weighted by Crippen LogP contribution is -2.79. The molecular weight excluding hydrogens is 290 g/mol. The van der Waals surface area contributed by atoms with Gasteiger partial charge in [0.05, 0.1) is 12.1 Å². The van der Waals surface area contributed by atoms with Gasteiger partial charge in [0.15, 0.2) is 0 Å². The first-order chi connectivity index (χ1) is 11.2. The van der Waals surface area contributed by atoms with Crippen LogP contribution in [0.15, 0.2) is 48.5 Å².